The van der Waals surface area contributed by atoms with E-state index in [4.69, 9.17) is 0 Å². The molecule has 2 fully saturated rings. The van der Waals surface area contributed by atoms with E-state index < -0.39 is 5.60 Å². The van der Waals surface area contributed by atoms with Crippen LogP contribution in [0.3, 0.4) is 0 Å². The van der Waals surface area contributed by atoms with Crippen molar-refractivity contribution >= 4 is 28.1 Å². The molecule has 6 nitrogen and oxygen atoms in total. The van der Waals surface area contributed by atoms with Crippen molar-refractivity contribution in [2.24, 2.45) is 0 Å². The number of piperidine rings is 1. The lowest BCUT2D eigenvalue weighted by Gasteiger charge is -2.44. The largest absolute Gasteiger partial charge is 0.388 e. The van der Waals surface area contributed by atoms with Crippen molar-refractivity contribution in [3.63, 3.8) is 0 Å². The monoisotopic (exact) mass is 396 g/mol. The van der Waals surface area contributed by atoms with Crippen molar-refractivity contribution in [3.05, 3.63) is 46.8 Å². The standard InChI is InChI=1S/C21H24N4O2S/c1-14-23-16(12-28-14)8-20(26)25-17-2-3-18(25)10-21(27,9-17)13-24-7-5-15-4-6-22-11-19(15)24/h4-7,11-12,17-18,27H,2-3,8-10,13H2,1H3/t17-,18-/m0/s1. The highest BCUT2D eigenvalue weighted by Gasteiger charge is 2.49. The minimum Gasteiger partial charge on any atom is -0.388 e. The minimum atomic E-state index is -0.790. The molecule has 0 aliphatic carbocycles. The van der Waals surface area contributed by atoms with Crippen LogP contribution in [-0.2, 0) is 17.8 Å². The second-order valence-electron chi connectivity index (χ2n) is 8.23. The van der Waals surface area contributed by atoms with Gasteiger partial charge in [0, 0.05) is 35.2 Å². The van der Waals surface area contributed by atoms with E-state index in [0.717, 1.165) is 34.4 Å². The Balaban J connectivity index is 1.32. The maximum Gasteiger partial charge on any atom is 0.229 e. The fourth-order valence-electron chi connectivity index (χ4n) is 5.08. The van der Waals surface area contributed by atoms with Gasteiger partial charge in [0.2, 0.25) is 5.91 Å². The molecule has 28 heavy (non-hydrogen) atoms. The number of amides is 1. The zero-order valence-corrected chi connectivity index (χ0v) is 16.7. The lowest BCUT2D eigenvalue weighted by atomic mass is 9.85. The lowest BCUT2D eigenvalue weighted by Crippen LogP contribution is -2.55. The molecule has 2 saturated heterocycles. The Morgan fingerprint density at radius 3 is 2.82 bits per heavy atom. The van der Waals surface area contributed by atoms with Crippen LogP contribution in [-0.4, -0.2) is 48.1 Å². The van der Waals surface area contributed by atoms with E-state index in [9.17, 15) is 9.90 Å². The third kappa shape index (κ3) is 3.12. The van der Waals surface area contributed by atoms with Crippen molar-refractivity contribution in [2.45, 2.75) is 63.3 Å². The van der Waals surface area contributed by atoms with E-state index in [1.807, 2.05) is 35.7 Å². The molecule has 1 amide bonds. The van der Waals surface area contributed by atoms with E-state index in [-0.39, 0.29) is 18.0 Å². The number of aryl methyl sites for hydroxylation is 1. The van der Waals surface area contributed by atoms with Crippen LogP contribution < -0.4 is 0 Å². The number of fused-ring (bicyclic) bond motifs is 3. The van der Waals surface area contributed by atoms with Crippen LogP contribution in [0.15, 0.2) is 36.1 Å². The Morgan fingerprint density at radius 2 is 2.11 bits per heavy atom. The summed E-state index contributed by atoms with van der Waals surface area (Å²) in [7, 11) is 0. The molecular weight excluding hydrogens is 372 g/mol. The van der Waals surface area contributed by atoms with Gasteiger partial charge in [-0.05, 0) is 44.7 Å². The van der Waals surface area contributed by atoms with Crippen molar-refractivity contribution in [1.82, 2.24) is 19.4 Å². The number of hydrogen-bond donors (Lipinski definition) is 1. The highest BCUT2D eigenvalue weighted by atomic mass is 32.1. The zero-order chi connectivity index (χ0) is 19.3. The van der Waals surface area contributed by atoms with Crippen LogP contribution in [0.1, 0.15) is 36.4 Å². The van der Waals surface area contributed by atoms with Crippen molar-refractivity contribution in [1.29, 1.82) is 0 Å². The Morgan fingerprint density at radius 1 is 1.32 bits per heavy atom. The zero-order valence-electron chi connectivity index (χ0n) is 15.9. The summed E-state index contributed by atoms with van der Waals surface area (Å²) in [6.45, 7) is 2.51. The van der Waals surface area contributed by atoms with Gasteiger partial charge in [0.25, 0.3) is 0 Å². The maximum atomic E-state index is 12.9. The van der Waals surface area contributed by atoms with Gasteiger partial charge in [-0.1, -0.05) is 0 Å². The molecule has 0 spiro atoms. The van der Waals surface area contributed by atoms with Crippen molar-refractivity contribution in [2.75, 3.05) is 0 Å². The lowest BCUT2D eigenvalue weighted by molar-refractivity contribution is -0.141. The number of aromatic nitrogens is 3. The number of nitrogens with zero attached hydrogens (tertiary/aromatic N) is 4. The normalized spacial score (nSPS) is 26.9. The van der Waals surface area contributed by atoms with E-state index >= 15 is 0 Å². The smallest absolute Gasteiger partial charge is 0.229 e. The van der Waals surface area contributed by atoms with Gasteiger partial charge in [-0.3, -0.25) is 9.78 Å². The number of aliphatic hydroxyl groups is 1. The maximum absolute atomic E-state index is 12.9. The predicted octanol–water partition coefficient (Wildman–Crippen LogP) is 2.93. The predicted molar refractivity (Wildman–Crippen MR) is 108 cm³/mol. The first-order chi connectivity index (χ1) is 13.5. The van der Waals surface area contributed by atoms with Crippen LogP contribution in [0.25, 0.3) is 10.9 Å². The summed E-state index contributed by atoms with van der Waals surface area (Å²) in [6.07, 6.45) is 9.23. The Labute approximate surface area is 167 Å². The number of carbonyl (C=O) groups excluding carboxylic acids is 1. The number of carbonyl (C=O) groups is 1. The Hall–Kier alpha value is -2.25. The first-order valence-electron chi connectivity index (χ1n) is 9.84. The third-order valence-electron chi connectivity index (χ3n) is 6.18. The average Bonchev–Trinajstić information content (AvgIpc) is 3.33. The molecule has 2 aliphatic rings. The van der Waals surface area contributed by atoms with E-state index in [0.29, 0.717) is 25.8 Å². The Kier molecular flexibility index (Phi) is 4.25. The number of hydrogen-bond acceptors (Lipinski definition) is 5. The fraction of sp³-hybridized carbons (Fsp3) is 0.476. The number of pyridine rings is 1. The van der Waals surface area contributed by atoms with Gasteiger partial charge in [0.15, 0.2) is 0 Å². The summed E-state index contributed by atoms with van der Waals surface area (Å²) < 4.78 is 2.09. The van der Waals surface area contributed by atoms with E-state index in [2.05, 4.69) is 20.6 Å². The van der Waals surface area contributed by atoms with Crippen LogP contribution in [0.2, 0.25) is 0 Å². The molecule has 2 aliphatic heterocycles. The summed E-state index contributed by atoms with van der Waals surface area (Å²) in [5.41, 5.74) is 1.11. The summed E-state index contributed by atoms with van der Waals surface area (Å²) in [5, 5.41) is 15.5. The highest BCUT2D eigenvalue weighted by molar-refractivity contribution is 7.09. The molecule has 0 saturated carbocycles. The van der Waals surface area contributed by atoms with Gasteiger partial charge >= 0.3 is 0 Å². The van der Waals surface area contributed by atoms with Gasteiger partial charge in [0.1, 0.15) is 0 Å². The average molecular weight is 397 g/mol. The highest BCUT2D eigenvalue weighted by Crippen LogP contribution is 2.42. The molecule has 146 valence electrons. The first kappa shape index (κ1) is 17.8. The third-order valence-corrected chi connectivity index (χ3v) is 7.00. The number of rotatable bonds is 4. The van der Waals surface area contributed by atoms with Gasteiger partial charge in [0.05, 0.1) is 41.0 Å². The first-order valence-corrected chi connectivity index (χ1v) is 10.7. The quantitative estimate of drug-likeness (QED) is 0.736. The molecule has 2 bridgehead atoms. The molecule has 7 heteroatoms. The summed E-state index contributed by atoms with van der Waals surface area (Å²) in [5.74, 6) is 0.149. The molecule has 5 heterocycles. The molecule has 0 radical (unpaired) electrons. The number of thiazole rings is 1. The van der Waals surface area contributed by atoms with Gasteiger partial charge in [-0.25, -0.2) is 4.98 Å². The molecule has 2 atom stereocenters. The van der Waals surface area contributed by atoms with Gasteiger partial charge in [-0.2, -0.15) is 0 Å². The van der Waals surface area contributed by atoms with Gasteiger partial charge < -0.3 is 14.6 Å². The van der Waals surface area contributed by atoms with Crippen LogP contribution in [0, 0.1) is 6.92 Å². The molecule has 3 aromatic rings. The minimum absolute atomic E-state index is 0.121. The summed E-state index contributed by atoms with van der Waals surface area (Å²) in [6, 6.07) is 4.29. The van der Waals surface area contributed by atoms with Gasteiger partial charge in [-0.15, -0.1) is 11.3 Å². The summed E-state index contributed by atoms with van der Waals surface area (Å²) in [4.78, 5) is 23.6. The second-order valence-corrected chi connectivity index (χ2v) is 9.29. The molecule has 1 N–H and O–H groups in total. The fourth-order valence-corrected chi connectivity index (χ4v) is 5.69. The molecular formula is C21H24N4O2S. The Bertz CT molecular complexity index is 1010. The molecule has 5 rings (SSSR count). The molecule has 0 unspecified atom stereocenters. The van der Waals surface area contributed by atoms with Crippen LogP contribution in [0.4, 0.5) is 0 Å². The van der Waals surface area contributed by atoms with Crippen LogP contribution in [0.5, 0.6) is 0 Å². The van der Waals surface area contributed by atoms with Crippen molar-refractivity contribution in [3.8, 4) is 0 Å². The SMILES string of the molecule is Cc1nc(CC(=O)N2[C@H]3CC[C@H]2CC(O)(Cn2ccc4ccncc42)C3)cs1. The topological polar surface area (TPSA) is 71.2 Å². The molecule has 0 aromatic carbocycles. The van der Waals surface area contributed by atoms with E-state index in [1.54, 1.807) is 17.5 Å². The molecule has 3 aromatic heterocycles. The van der Waals surface area contributed by atoms with Crippen molar-refractivity contribution < 1.29 is 9.90 Å². The second kappa shape index (κ2) is 6.67. The van der Waals surface area contributed by atoms with Crippen LogP contribution >= 0.6 is 11.3 Å². The van der Waals surface area contributed by atoms with E-state index in [1.165, 1.54) is 0 Å². The summed E-state index contributed by atoms with van der Waals surface area (Å²) >= 11 is 1.58.